The normalized spacial score (nSPS) is 10.2. The molecule has 0 atom stereocenters. The smallest absolute Gasteiger partial charge is 0.274 e. The van der Waals surface area contributed by atoms with Crippen LogP contribution in [0.2, 0.25) is 10.0 Å². The maximum Gasteiger partial charge on any atom is 0.274 e. The zero-order valence-electron chi connectivity index (χ0n) is 12.5. The Bertz CT molecular complexity index is 866. The Morgan fingerprint density at radius 1 is 0.833 bits per heavy atom. The molecule has 4 nitrogen and oxygen atoms in total. The van der Waals surface area contributed by atoms with E-state index in [2.05, 4.69) is 15.6 Å². The van der Waals surface area contributed by atoms with Gasteiger partial charge in [-0.25, -0.2) is 4.98 Å². The average molecular weight is 358 g/mol. The second kappa shape index (κ2) is 7.34. The number of pyridine rings is 1. The van der Waals surface area contributed by atoms with Crippen molar-refractivity contribution in [2.24, 2.45) is 0 Å². The highest BCUT2D eigenvalue weighted by molar-refractivity contribution is 6.34. The van der Waals surface area contributed by atoms with Crippen molar-refractivity contribution < 1.29 is 4.79 Å². The molecular formula is C18H13Cl2N3O. The molecular weight excluding hydrogens is 345 g/mol. The van der Waals surface area contributed by atoms with Gasteiger partial charge in [0.25, 0.3) is 5.91 Å². The van der Waals surface area contributed by atoms with Gasteiger partial charge in [-0.3, -0.25) is 4.79 Å². The van der Waals surface area contributed by atoms with Gasteiger partial charge in [0.15, 0.2) is 0 Å². The van der Waals surface area contributed by atoms with E-state index in [1.165, 1.54) is 0 Å². The Labute approximate surface area is 149 Å². The fourth-order valence-corrected chi connectivity index (χ4v) is 2.44. The second-order valence-corrected chi connectivity index (χ2v) is 5.79. The maximum atomic E-state index is 12.2. The molecule has 24 heavy (non-hydrogen) atoms. The third kappa shape index (κ3) is 3.85. The Balaban J connectivity index is 1.71. The number of carbonyl (C=O) groups is 1. The zero-order chi connectivity index (χ0) is 16.9. The van der Waals surface area contributed by atoms with Crippen molar-refractivity contribution in [3.8, 4) is 0 Å². The Morgan fingerprint density at radius 3 is 2.04 bits per heavy atom. The number of aromatic nitrogens is 1. The van der Waals surface area contributed by atoms with E-state index in [1.807, 2.05) is 18.2 Å². The number of hydrogen-bond donors (Lipinski definition) is 2. The number of nitrogens with one attached hydrogen (secondary N) is 2. The Morgan fingerprint density at radius 2 is 1.46 bits per heavy atom. The Hall–Kier alpha value is -2.56. The van der Waals surface area contributed by atoms with E-state index >= 15 is 0 Å². The lowest BCUT2D eigenvalue weighted by atomic mass is 10.2. The molecule has 3 aromatic rings. The number of para-hydroxylation sites is 2. The summed E-state index contributed by atoms with van der Waals surface area (Å²) in [5.41, 5.74) is 2.34. The first-order valence-electron chi connectivity index (χ1n) is 7.17. The van der Waals surface area contributed by atoms with Gasteiger partial charge in [0, 0.05) is 0 Å². The number of carbonyl (C=O) groups excluding carboxylic acids is 1. The molecule has 1 aromatic heterocycles. The van der Waals surface area contributed by atoms with Crippen molar-refractivity contribution in [2.75, 3.05) is 10.6 Å². The topological polar surface area (TPSA) is 54.0 Å². The van der Waals surface area contributed by atoms with Crippen LogP contribution in [0.25, 0.3) is 0 Å². The van der Waals surface area contributed by atoms with E-state index in [-0.39, 0.29) is 5.91 Å². The molecule has 2 N–H and O–H groups in total. The lowest BCUT2D eigenvalue weighted by Crippen LogP contribution is -2.13. The van der Waals surface area contributed by atoms with E-state index < -0.39 is 0 Å². The summed E-state index contributed by atoms with van der Waals surface area (Å²) in [6.07, 6.45) is 1.57. The lowest BCUT2D eigenvalue weighted by Gasteiger charge is -2.09. The monoisotopic (exact) mass is 357 g/mol. The van der Waals surface area contributed by atoms with Crippen molar-refractivity contribution >= 4 is 46.2 Å². The molecule has 0 spiro atoms. The van der Waals surface area contributed by atoms with Gasteiger partial charge in [0.2, 0.25) is 0 Å². The van der Waals surface area contributed by atoms with Crippen LogP contribution < -0.4 is 10.6 Å². The first-order valence-corrected chi connectivity index (χ1v) is 7.92. The molecule has 120 valence electrons. The van der Waals surface area contributed by atoms with E-state index in [9.17, 15) is 4.79 Å². The summed E-state index contributed by atoms with van der Waals surface area (Å²) in [5, 5.41) is 6.96. The fourth-order valence-electron chi connectivity index (χ4n) is 2.07. The van der Waals surface area contributed by atoms with Crippen LogP contribution in [0, 0.1) is 0 Å². The van der Waals surface area contributed by atoms with Crippen molar-refractivity contribution in [3.63, 3.8) is 0 Å². The largest absolute Gasteiger partial charge is 0.353 e. The van der Waals surface area contributed by atoms with Gasteiger partial charge in [-0.15, -0.1) is 0 Å². The summed E-state index contributed by atoms with van der Waals surface area (Å²) in [5.74, 6) is -0.326. The highest BCUT2D eigenvalue weighted by Gasteiger charge is 2.09. The van der Waals surface area contributed by atoms with Crippen LogP contribution in [-0.2, 0) is 0 Å². The van der Waals surface area contributed by atoms with E-state index in [0.717, 1.165) is 11.4 Å². The Kier molecular flexibility index (Phi) is 4.99. The summed E-state index contributed by atoms with van der Waals surface area (Å²) >= 11 is 12.1. The number of rotatable bonds is 4. The number of nitrogens with zero attached hydrogens (tertiary/aromatic N) is 1. The van der Waals surface area contributed by atoms with Gasteiger partial charge < -0.3 is 10.6 Å². The first-order chi connectivity index (χ1) is 11.6. The van der Waals surface area contributed by atoms with Crippen LogP contribution in [0.1, 0.15) is 10.5 Å². The van der Waals surface area contributed by atoms with Crippen molar-refractivity contribution in [2.45, 2.75) is 0 Å². The van der Waals surface area contributed by atoms with Crippen LogP contribution in [0.3, 0.4) is 0 Å². The molecule has 3 rings (SSSR count). The summed E-state index contributed by atoms with van der Waals surface area (Å²) < 4.78 is 0. The predicted molar refractivity (Wildman–Crippen MR) is 98.4 cm³/mol. The molecule has 2 aromatic carbocycles. The number of halogens is 2. The second-order valence-electron chi connectivity index (χ2n) is 4.97. The van der Waals surface area contributed by atoms with Crippen LogP contribution >= 0.6 is 23.2 Å². The molecule has 0 aliphatic carbocycles. The minimum atomic E-state index is -0.326. The maximum absolute atomic E-state index is 12.2. The minimum absolute atomic E-state index is 0.291. The van der Waals surface area contributed by atoms with Crippen LogP contribution in [0.5, 0.6) is 0 Å². The van der Waals surface area contributed by atoms with Gasteiger partial charge in [-0.1, -0.05) is 47.5 Å². The van der Waals surface area contributed by atoms with Crippen LogP contribution in [-0.4, -0.2) is 10.9 Å². The first kappa shape index (κ1) is 16.3. The molecule has 0 radical (unpaired) electrons. The molecule has 0 unspecified atom stereocenters. The summed E-state index contributed by atoms with van der Waals surface area (Å²) in [6.45, 7) is 0. The van der Waals surface area contributed by atoms with Crippen molar-refractivity contribution in [1.29, 1.82) is 0 Å². The minimum Gasteiger partial charge on any atom is -0.353 e. The number of anilines is 3. The fraction of sp³-hybridized carbons (Fsp3) is 0. The van der Waals surface area contributed by atoms with E-state index in [4.69, 9.17) is 23.2 Å². The van der Waals surface area contributed by atoms with Crippen molar-refractivity contribution in [1.82, 2.24) is 4.98 Å². The molecule has 0 fully saturated rings. The van der Waals surface area contributed by atoms with Gasteiger partial charge in [0.1, 0.15) is 5.69 Å². The molecule has 6 heteroatoms. The summed E-state index contributed by atoms with van der Waals surface area (Å²) in [4.78, 5) is 16.4. The lowest BCUT2D eigenvalue weighted by molar-refractivity contribution is 0.102. The van der Waals surface area contributed by atoms with Gasteiger partial charge in [-0.05, 0) is 36.4 Å². The molecule has 1 amide bonds. The number of amides is 1. The number of hydrogen-bond acceptors (Lipinski definition) is 3. The molecule has 0 saturated heterocycles. The molecule has 0 aliphatic heterocycles. The number of benzene rings is 2. The average Bonchev–Trinajstić information content (AvgIpc) is 2.59. The van der Waals surface area contributed by atoms with E-state index in [1.54, 1.807) is 48.7 Å². The van der Waals surface area contributed by atoms with E-state index in [0.29, 0.717) is 21.4 Å². The van der Waals surface area contributed by atoms with Gasteiger partial charge >= 0.3 is 0 Å². The van der Waals surface area contributed by atoms with Gasteiger partial charge in [-0.2, -0.15) is 0 Å². The molecule has 0 bridgehead atoms. The highest BCUT2D eigenvalue weighted by atomic mass is 35.5. The molecule has 0 aliphatic rings. The quantitative estimate of drug-likeness (QED) is 0.658. The SMILES string of the molecule is O=C(Nc1ccccc1Cl)c1ccc(Nc2ccccc2Cl)cn1. The zero-order valence-corrected chi connectivity index (χ0v) is 14.0. The molecule has 1 heterocycles. The van der Waals surface area contributed by atoms with Crippen LogP contribution in [0.4, 0.5) is 17.1 Å². The third-order valence-electron chi connectivity index (χ3n) is 3.27. The van der Waals surface area contributed by atoms with Crippen LogP contribution in [0.15, 0.2) is 66.9 Å². The third-order valence-corrected chi connectivity index (χ3v) is 3.93. The predicted octanol–water partition coefficient (Wildman–Crippen LogP) is 5.38. The standard InChI is InChI=1S/C18H13Cl2N3O/c19-13-5-1-3-7-15(13)22-12-9-10-17(21-11-12)18(24)23-16-8-4-2-6-14(16)20/h1-11,22H,(H,23,24). The summed E-state index contributed by atoms with van der Waals surface area (Å²) in [6, 6.07) is 17.8. The summed E-state index contributed by atoms with van der Waals surface area (Å²) in [7, 11) is 0. The molecule has 0 saturated carbocycles. The highest BCUT2D eigenvalue weighted by Crippen LogP contribution is 2.25. The van der Waals surface area contributed by atoms with Crippen molar-refractivity contribution in [3.05, 3.63) is 82.6 Å². The van der Waals surface area contributed by atoms with Gasteiger partial charge in [0.05, 0.1) is 33.3 Å².